The van der Waals surface area contributed by atoms with E-state index in [2.05, 4.69) is 30.8 Å². The average Bonchev–Trinajstić information content (AvgIpc) is 2.86. The van der Waals surface area contributed by atoms with Crippen molar-refractivity contribution in [1.82, 2.24) is 15.0 Å². The Labute approximate surface area is 211 Å². The number of rotatable bonds is 7. The van der Waals surface area contributed by atoms with Crippen molar-refractivity contribution in [1.29, 1.82) is 0 Å². The number of benzene rings is 1. The number of aromatic nitrogens is 3. The summed E-state index contributed by atoms with van der Waals surface area (Å²) in [5.74, 6) is -0.237. The van der Waals surface area contributed by atoms with Crippen LogP contribution in [0.25, 0.3) is 0 Å². The van der Waals surface area contributed by atoms with Gasteiger partial charge in [-0.2, -0.15) is 23.3 Å². The van der Waals surface area contributed by atoms with Crippen LogP contribution in [0.5, 0.6) is 0 Å². The maximum Gasteiger partial charge on any atom is 0.416 e. The molecule has 1 aliphatic heterocycles. The van der Waals surface area contributed by atoms with Crippen LogP contribution in [0.15, 0.2) is 41.8 Å². The lowest BCUT2D eigenvalue weighted by Crippen LogP contribution is -2.37. The van der Waals surface area contributed by atoms with Crippen LogP contribution in [-0.2, 0) is 10.9 Å². The Bertz CT molecular complexity index is 1280. The zero-order valence-corrected chi connectivity index (χ0v) is 20.5. The molecule has 13 heteroatoms. The standard InChI is InChI=1S/C24H26F4N8O/c1-15-8-18(32-17-9-16(24(26,27)28)10-19(11-17)35(2)3)12-29-21(15)14-31-34-23-30-13-20(25)22(33-23)36-4-6-37-7-5-36/h8-14,32H,4-7H2,1-3H3,(H,30,33,34)/b31-14+. The van der Waals surface area contributed by atoms with Gasteiger partial charge < -0.3 is 19.9 Å². The molecule has 2 aromatic heterocycles. The fraction of sp³-hybridized carbons (Fsp3) is 0.333. The van der Waals surface area contributed by atoms with E-state index < -0.39 is 17.6 Å². The first-order chi connectivity index (χ1) is 17.6. The van der Waals surface area contributed by atoms with Gasteiger partial charge in [-0.05, 0) is 36.8 Å². The normalized spacial score (nSPS) is 14.2. The van der Waals surface area contributed by atoms with E-state index in [1.807, 2.05) is 0 Å². The van der Waals surface area contributed by atoms with Gasteiger partial charge in [0.15, 0.2) is 11.6 Å². The summed E-state index contributed by atoms with van der Waals surface area (Å²) in [6, 6.07) is 5.51. The Morgan fingerprint density at radius 3 is 2.49 bits per heavy atom. The van der Waals surface area contributed by atoms with Crippen molar-refractivity contribution in [2.75, 3.05) is 60.9 Å². The summed E-state index contributed by atoms with van der Waals surface area (Å²) in [7, 11) is 3.35. The Balaban J connectivity index is 1.46. The molecule has 4 rings (SSSR count). The number of morpholine rings is 1. The minimum absolute atomic E-state index is 0.122. The summed E-state index contributed by atoms with van der Waals surface area (Å²) in [6.07, 6.45) is -0.445. The number of ether oxygens (including phenoxy) is 1. The molecule has 0 saturated carbocycles. The van der Waals surface area contributed by atoms with Gasteiger partial charge in [0, 0.05) is 38.6 Å². The van der Waals surface area contributed by atoms with Gasteiger partial charge in [-0.3, -0.25) is 4.98 Å². The van der Waals surface area contributed by atoms with E-state index >= 15 is 0 Å². The zero-order valence-electron chi connectivity index (χ0n) is 20.5. The number of halogens is 4. The minimum atomic E-state index is -4.47. The van der Waals surface area contributed by atoms with Crippen LogP contribution in [0.1, 0.15) is 16.8 Å². The molecule has 0 amide bonds. The first-order valence-electron chi connectivity index (χ1n) is 11.4. The smallest absolute Gasteiger partial charge is 0.378 e. The Morgan fingerprint density at radius 1 is 1.05 bits per heavy atom. The highest BCUT2D eigenvalue weighted by Gasteiger charge is 2.31. The van der Waals surface area contributed by atoms with E-state index in [1.165, 1.54) is 12.4 Å². The number of aryl methyl sites for hydroxylation is 1. The predicted octanol–water partition coefficient (Wildman–Crippen LogP) is 4.43. The molecule has 196 valence electrons. The quantitative estimate of drug-likeness (QED) is 0.270. The number of alkyl halides is 3. The molecule has 0 radical (unpaired) electrons. The summed E-state index contributed by atoms with van der Waals surface area (Å²) < 4.78 is 59.5. The first-order valence-corrected chi connectivity index (χ1v) is 11.4. The fourth-order valence-electron chi connectivity index (χ4n) is 3.62. The van der Waals surface area contributed by atoms with Crippen LogP contribution >= 0.6 is 0 Å². The Morgan fingerprint density at radius 2 is 1.81 bits per heavy atom. The number of hydrazone groups is 1. The molecular weight excluding hydrogens is 492 g/mol. The number of anilines is 5. The third-order valence-electron chi connectivity index (χ3n) is 5.56. The van der Waals surface area contributed by atoms with Gasteiger partial charge in [-0.25, -0.2) is 14.8 Å². The summed E-state index contributed by atoms with van der Waals surface area (Å²) in [4.78, 5) is 15.8. The molecule has 0 unspecified atom stereocenters. The van der Waals surface area contributed by atoms with Crippen molar-refractivity contribution in [2.24, 2.45) is 5.10 Å². The molecule has 1 saturated heterocycles. The van der Waals surface area contributed by atoms with E-state index in [9.17, 15) is 17.6 Å². The van der Waals surface area contributed by atoms with Gasteiger partial charge in [0.2, 0.25) is 5.95 Å². The first kappa shape index (κ1) is 26.1. The Hall–Kier alpha value is -4.00. The van der Waals surface area contributed by atoms with Crippen LogP contribution in [-0.4, -0.2) is 61.6 Å². The number of nitrogens with zero attached hydrogens (tertiary/aromatic N) is 6. The highest BCUT2D eigenvalue weighted by atomic mass is 19.4. The highest BCUT2D eigenvalue weighted by Crippen LogP contribution is 2.35. The molecule has 2 N–H and O–H groups in total. The van der Waals surface area contributed by atoms with Crippen molar-refractivity contribution in [3.8, 4) is 0 Å². The van der Waals surface area contributed by atoms with Crippen LogP contribution in [0.2, 0.25) is 0 Å². The summed E-state index contributed by atoms with van der Waals surface area (Å²) in [5, 5.41) is 7.08. The SMILES string of the molecule is Cc1cc(Nc2cc(N(C)C)cc(C(F)(F)F)c2)cnc1/C=N/Nc1ncc(F)c(N2CCOCC2)n1. The predicted molar refractivity (Wildman–Crippen MR) is 134 cm³/mol. The molecule has 1 fully saturated rings. The van der Waals surface area contributed by atoms with Gasteiger partial charge in [-0.1, -0.05) is 0 Å². The molecule has 9 nitrogen and oxygen atoms in total. The maximum absolute atomic E-state index is 14.2. The molecule has 3 aromatic rings. The van der Waals surface area contributed by atoms with Crippen LogP contribution < -0.4 is 20.5 Å². The summed E-state index contributed by atoms with van der Waals surface area (Å²) >= 11 is 0. The second-order valence-electron chi connectivity index (χ2n) is 8.55. The molecule has 37 heavy (non-hydrogen) atoms. The second kappa shape index (κ2) is 10.9. The number of hydrogen-bond donors (Lipinski definition) is 2. The molecular formula is C24H26F4N8O. The van der Waals surface area contributed by atoms with Crippen molar-refractivity contribution < 1.29 is 22.3 Å². The van der Waals surface area contributed by atoms with Gasteiger partial charge in [0.1, 0.15) is 0 Å². The van der Waals surface area contributed by atoms with Gasteiger partial charge >= 0.3 is 6.18 Å². The maximum atomic E-state index is 14.2. The molecule has 0 atom stereocenters. The van der Waals surface area contributed by atoms with Crippen LogP contribution in [0.3, 0.4) is 0 Å². The molecule has 0 spiro atoms. The topological polar surface area (TPSA) is 90.8 Å². The third kappa shape index (κ3) is 6.61. The van der Waals surface area contributed by atoms with Crippen LogP contribution in [0.4, 0.5) is 46.4 Å². The summed E-state index contributed by atoms with van der Waals surface area (Å²) in [6.45, 7) is 3.82. The van der Waals surface area contributed by atoms with E-state index in [0.717, 1.165) is 23.9 Å². The molecule has 0 bridgehead atoms. The van der Waals surface area contributed by atoms with Gasteiger partial charge in [-0.15, -0.1) is 0 Å². The molecule has 1 aliphatic rings. The fourth-order valence-corrected chi connectivity index (χ4v) is 3.62. The average molecular weight is 519 g/mol. The molecule has 3 heterocycles. The monoisotopic (exact) mass is 518 g/mol. The second-order valence-corrected chi connectivity index (χ2v) is 8.55. The Kier molecular flexibility index (Phi) is 7.71. The molecule has 1 aromatic carbocycles. The van der Waals surface area contributed by atoms with Crippen LogP contribution in [0, 0.1) is 12.7 Å². The highest BCUT2D eigenvalue weighted by molar-refractivity contribution is 5.80. The lowest BCUT2D eigenvalue weighted by atomic mass is 10.1. The third-order valence-corrected chi connectivity index (χ3v) is 5.56. The number of hydrogen-bond acceptors (Lipinski definition) is 9. The lowest BCUT2D eigenvalue weighted by Gasteiger charge is -2.27. The molecule has 0 aliphatic carbocycles. The van der Waals surface area contributed by atoms with E-state index in [4.69, 9.17) is 4.74 Å². The lowest BCUT2D eigenvalue weighted by molar-refractivity contribution is -0.137. The minimum Gasteiger partial charge on any atom is -0.378 e. The summed E-state index contributed by atoms with van der Waals surface area (Å²) in [5.41, 5.74) is 4.39. The largest absolute Gasteiger partial charge is 0.416 e. The van der Waals surface area contributed by atoms with Crippen molar-refractivity contribution in [2.45, 2.75) is 13.1 Å². The van der Waals surface area contributed by atoms with E-state index in [1.54, 1.807) is 43.0 Å². The van der Waals surface area contributed by atoms with Crippen molar-refractivity contribution in [3.63, 3.8) is 0 Å². The van der Waals surface area contributed by atoms with E-state index in [0.29, 0.717) is 43.4 Å². The van der Waals surface area contributed by atoms with Gasteiger partial charge in [0.25, 0.3) is 0 Å². The number of pyridine rings is 1. The van der Waals surface area contributed by atoms with Gasteiger partial charge in [0.05, 0.1) is 48.8 Å². The van der Waals surface area contributed by atoms with Crippen molar-refractivity contribution in [3.05, 3.63) is 59.3 Å². The number of nitrogens with one attached hydrogen (secondary N) is 2. The van der Waals surface area contributed by atoms with Crippen molar-refractivity contribution >= 4 is 35.0 Å². The zero-order chi connectivity index (χ0) is 26.6. The van der Waals surface area contributed by atoms with E-state index in [-0.39, 0.29) is 17.5 Å².